The third kappa shape index (κ3) is 6.89. The van der Waals surface area contributed by atoms with Crippen molar-refractivity contribution in [2.45, 2.75) is 51.0 Å². The molecule has 0 radical (unpaired) electrons. The second-order valence-corrected chi connectivity index (χ2v) is 6.65. The predicted octanol–water partition coefficient (Wildman–Crippen LogP) is 3.38. The van der Waals surface area contributed by atoms with Crippen molar-refractivity contribution in [3.63, 3.8) is 0 Å². The average Bonchev–Trinajstić information content (AvgIpc) is 3.18. The summed E-state index contributed by atoms with van der Waals surface area (Å²) < 4.78 is 11.3. The molecule has 6 heteroatoms. The van der Waals surface area contributed by atoms with Crippen molar-refractivity contribution in [2.75, 3.05) is 20.3 Å². The first-order chi connectivity index (χ1) is 12.3. The van der Waals surface area contributed by atoms with E-state index in [1.165, 1.54) is 11.1 Å². The van der Waals surface area contributed by atoms with Crippen molar-refractivity contribution >= 4 is 29.9 Å². The number of aliphatic imine (C=N–C) groups is 1. The largest absolute Gasteiger partial charge is 0.381 e. The van der Waals surface area contributed by atoms with Crippen LogP contribution in [-0.4, -0.2) is 38.4 Å². The first kappa shape index (κ1) is 21.2. The van der Waals surface area contributed by atoms with E-state index < -0.39 is 0 Å². The van der Waals surface area contributed by atoms with Gasteiger partial charge >= 0.3 is 0 Å². The smallest absolute Gasteiger partial charge is 0.191 e. The van der Waals surface area contributed by atoms with Crippen molar-refractivity contribution < 1.29 is 9.47 Å². The first-order valence-electron chi connectivity index (χ1n) is 9.23. The number of ether oxygens (including phenoxy) is 2. The molecule has 0 spiro atoms. The van der Waals surface area contributed by atoms with Gasteiger partial charge in [-0.3, -0.25) is 4.99 Å². The summed E-state index contributed by atoms with van der Waals surface area (Å²) in [6.07, 6.45) is 8.92. The number of rotatable bonds is 6. The summed E-state index contributed by atoms with van der Waals surface area (Å²) in [6.45, 7) is 3.08. The summed E-state index contributed by atoms with van der Waals surface area (Å²) in [5.41, 5.74) is 2.46. The SMILES string of the molecule is CN=C(NCc1ccc(COC2CCOCC2)cc1)NC1CC=CC1.I. The molecule has 26 heavy (non-hydrogen) atoms. The highest BCUT2D eigenvalue weighted by molar-refractivity contribution is 14.0. The van der Waals surface area contributed by atoms with Crippen LogP contribution in [0.1, 0.15) is 36.8 Å². The molecule has 1 aromatic carbocycles. The van der Waals surface area contributed by atoms with Gasteiger partial charge in [-0.2, -0.15) is 0 Å². The fraction of sp³-hybridized carbons (Fsp3) is 0.550. The molecule has 2 N–H and O–H groups in total. The number of benzene rings is 1. The first-order valence-corrected chi connectivity index (χ1v) is 9.23. The topological polar surface area (TPSA) is 54.9 Å². The van der Waals surface area contributed by atoms with E-state index in [4.69, 9.17) is 9.47 Å². The van der Waals surface area contributed by atoms with Crippen molar-refractivity contribution in [1.29, 1.82) is 0 Å². The van der Waals surface area contributed by atoms with Gasteiger partial charge in [0, 0.05) is 32.8 Å². The van der Waals surface area contributed by atoms with Crippen LogP contribution in [0.5, 0.6) is 0 Å². The molecule has 2 aliphatic rings. The quantitative estimate of drug-likeness (QED) is 0.289. The highest BCUT2D eigenvalue weighted by Gasteiger charge is 2.14. The Balaban J connectivity index is 0.00000243. The molecule has 0 aromatic heterocycles. The molecule has 0 atom stereocenters. The minimum Gasteiger partial charge on any atom is -0.381 e. The molecular weight excluding hydrogens is 441 g/mol. The molecule has 1 aliphatic heterocycles. The Labute approximate surface area is 173 Å². The van der Waals surface area contributed by atoms with Crippen LogP contribution < -0.4 is 10.6 Å². The van der Waals surface area contributed by atoms with E-state index in [0.717, 1.165) is 51.4 Å². The Bertz CT molecular complexity index is 575. The summed E-state index contributed by atoms with van der Waals surface area (Å²) in [7, 11) is 1.81. The number of nitrogens with one attached hydrogen (secondary N) is 2. The summed E-state index contributed by atoms with van der Waals surface area (Å²) in [4.78, 5) is 4.30. The van der Waals surface area contributed by atoms with Gasteiger partial charge in [0.25, 0.3) is 0 Å². The third-order valence-corrected chi connectivity index (χ3v) is 4.71. The van der Waals surface area contributed by atoms with Gasteiger partial charge in [-0.25, -0.2) is 0 Å². The van der Waals surface area contributed by atoms with E-state index in [1.54, 1.807) is 0 Å². The van der Waals surface area contributed by atoms with E-state index in [-0.39, 0.29) is 24.0 Å². The van der Waals surface area contributed by atoms with Gasteiger partial charge < -0.3 is 20.1 Å². The van der Waals surface area contributed by atoms with Crippen LogP contribution in [0.4, 0.5) is 0 Å². The van der Waals surface area contributed by atoms with Crippen molar-refractivity contribution in [2.24, 2.45) is 4.99 Å². The Hall–Kier alpha value is -1.12. The van der Waals surface area contributed by atoms with Gasteiger partial charge in [0.1, 0.15) is 0 Å². The average molecular weight is 471 g/mol. The second-order valence-electron chi connectivity index (χ2n) is 6.65. The van der Waals surface area contributed by atoms with Crippen molar-refractivity contribution in [3.8, 4) is 0 Å². The molecule has 0 bridgehead atoms. The van der Waals surface area contributed by atoms with Gasteiger partial charge in [0.05, 0.1) is 12.7 Å². The van der Waals surface area contributed by atoms with E-state index in [0.29, 0.717) is 18.8 Å². The summed E-state index contributed by atoms with van der Waals surface area (Å²) in [5.74, 6) is 0.862. The minimum absolute atomic E-state index is 0. The molecule has 1 fully saturated rings. The molecule has 1 aromatic rings. The van der Waals surface area contributed by atoms with Crippen LogP contribution in [0.3, 0.4) is 0 Å². The standard InChI is InChI=1S/C20H29N3O2.HI/c1-21-20(23-18-4-2-3-5-18)22-14-16-6-8-17(9-7-16)15-25-19-10-12-24-13-11-19;/h2-3,6-9,18-19H,4-5,10-15H2,1H3,(H2,21,22,23);1H. The van der Waals surface area contributed by atoms with Gasteiger partial charge in [0.15, 0.2) is 5.96 Å². The van der Waals surface area contributed by atoms with Crippen LogP contribution in [0.15, 0.2) is 41.4 Å². The zero-order valence-electron chi connectivity index (χ0n) is 15.4. The zero-order valence-corrected chi connectivity index (χ0v) is 17.8. The predicted molar refractivity (Wildman–Crippen MR) is 116 cm³/mol. The number of hydrogen-bond acceptors (Lipinski definition) is 3. The molecule has 0 amide bonds. The summed E-state index contributed by atoms with van der Waals surface area (Å²) in [5, 5.41) is 6.83. The number of halogens is 1. The van der Waals surface area contributed by atoms with Gasteiger partial charge in [0.2, 0.25) is 0 Å². The van der Waals surface area contributed by atoms with E-state index in [2.05, 4.69) is 52.0 Å². The normalized spacial score (nSPS) is 18.6. The highest BCUT2D eigenvalue weighted by atomic mass is 127. The Morgan fingerprint density at radius 1 is 1.12 bits per heavy atom. The monoisotopic (exact) mass is 471 g/mol. The van der Waals surface area contributed by atoms with Crippen LogP contribution in [0.25, 0.3) is 0 Å². The number of guanidine groups is 1. The maximum Gasteiger partial charge on any atom is 0.191 e. The fourth-order valence-corrected chi connectivity index (χ4v) is 3.12. The van der Waals surface area contributed by atoms with Crippen LogP contribution in [0, 0.1) is 0 Å². The molecule has 0 saturated carbocycles. The maximum atomic E-state index is 5.97. The van der Waals surface area contributed by atoms with Gasteiger partial charge in [-0.15, -0.1) is 24.0 Å². The minimum atomic E-state index is 0. The fourth-order valence-electron chi connectivity index (χ4n) is 3.12. The molecular formula is C20H30IN3O2. The molecule has 3 rings (SSSR count). The maximum absolute atomic E-state index is 5.97. The van der Waals surface area contributed by atoms with E-state index >= 15 is 0 Å². The lowest BCUT2D eigenvalue weighted by Gasteiger charge is -2.22. The highest BCUT2D eigenvalue weighted by Crippen LogP contribution is 2.14. The van der Waals surface area contributed by atoms with E-state index in [9.17, 15) is 0 Å². The summed E-state index contributed by atoms with van der Waals surface area (Å²) >= 11 is 0. The number of hydrogen-bond donors (Lipinski definition) is 2. The van der Waals surface area contributed by atoms with Gasteiger partial charge in [-0.05, 0) is 36.8 Å². The molecule has 5 nitrogen and oxygen atoms in total. The van der Waals surface area contributed by atoms with Crippen LogP contribution in [0.2, 0.25) is 0 Å². The number of nitrogens with zero attached hydrogens (tertiary/aromatic N) is 1. The zero-order chi connectivity index (χ0) is 17.3. The van der Waals surface area contributed by atoms with E-state index in [1.807, 2.05) is 7.05 Å². The second kappa shape index (κ2) is 11.6. The van der Waals surface area contributed by atoms with Crippen LogP contribution in [-0.2, 0) is 22.6 Å². The molecule has 1 saturated heterocycles. The Morgan fingerprint density at radius 3 is 2.42 bits per heavy atom. The van der Waals surface area contributed by atoms with Crippen molar-refractivity contribution in [1.82, 2.24) is 10.6 Å². The molecule has 144 valence electrons. The lowest BCUT2D eigenvalue weighted by atomic mass is 10.1. The lowest BCUT2D eigenvalue weighted by molar-refractivity contribution is -0.0390. The summed E-state index contributed by atoms with van der Waals surface area (Å²) in [6, 6.07) is 9.07. The van der Waals surface area contributed by atoms with Crippen LogP contribution >= 0.6 is 24.0 Å². The van der Waals surface area contributed by atoms with Crippen molar-refractivity contribution in [3.05, 3.63) is 47.5 Å². The lowest BCUT2D eigenvalue weighted by Crippen LogP contribution is -2.42. The van der Waals surface area contributed by atoms with Gasteiger partial charge in [-0.1, -0.05) is 36.4 Å². The molecule has 0 unspecified atom stereocenters. The Morgan fingerprint density at radius 2 is 1.77 bits per heavy atom. The third-order valence-electron chi connectivity index (χ3n) is 4.71. The molecule has 1 heterocycles. The Kier molecular flexibility index (Phi) is 9.42. The molecule has 1 aliphatic carbocycles.